The molecule has 0 radical (unpaired) electrons. The van der Waals surface area contributed by atoms with Crippen molar-refractivity contribution in [1.29, 1.82) is 0 Å². The first-order valence-electron chi connectivity index (χ1n) is 7.71. The van der Waals surface area contributed by atoms with Crippen LogP contribution in [0.3, 0.4) is 0 Å². The number of benzene rings is 1. The number of phenolic OH excluding ortho intramolecular Hbond substituents is 1. The van der Waals surface area contributed by atoms with Gasteiger partial charge in [0.15, 0.2) is 0 Å². The van der Waals surface area contributed by atoms with Gasteiger partial charge in [0.1, 0.15) is 5.75 Å². The minimum Gasteiger partial charge on any atom is -0.508 e. The summed E-state index contributed by atoms with van der Waals surface area (Å²) in [7, 11) is 0. The molecule has 0 aliphatic carbocycles. The number of phenols is 1. The zero-order valence-electron chi connectivity index (χ0n) is 12.6. The molecule has 1 atom stereocenters. The molecule has 3 nitrogen and oxygen atoms in total. The van der Waals surface area contributed by atoms with Gasteiger partial charge in [0, 0.05) is 24.2 Å². The molecule has 1 N–H and O–H groups in total. The van der Waals surface area contributed by atoms with E-state index in [9.17, 15) is 9.90 Å². The normalized spacial score (nSPS) is 19.7. The van der Waals surface area contributed by atoms with E-state index >= 15 is 0 Å². The van der Waals surface area contributed by atoms with Gasteiger partial charge in [-0.25, -0.2) is 0 Å². The van der Waals surface area contributed by atoms with Crippen molar-refractivity contribution in [1.82, 2.24) is 4.90 Å². The predicted molar refractivity (Wildman–Crippen MR) is 81.0 cm³/mol. The second-order valence-electron chi connectivity index (χ2n) is 5.83. The quantitative estimate of drug-likeness (QED) is 0.912. The zero-order chi connectivity index (χ0) is 14.5. The minimum atomic E-state index is 0.0653. The first-order chi connectivity index (χ1) is 9.63. The van der Waals surface area contributed by atoms with Crippen LogP contribution in [-0.4, -0.2) is 29.0 Å². The number of carbonyl (C=O) groups is 1. The molecule has 1 heterocycles. The SMILES string of the molecule is CCCC1CCCN(C(=O)c2cccc(O)c2C)CC1. The predicted octanol–water partition coefficient (Wildman–Crippen LogP) is 3.74. The van der Waals surface area contributed by atoms with Gasteiger partial charge < -0.3 is 10.0 Å². The van der Waals surface area contributed by atoms with E-state index in [1.807, 2.05) is 11.0 Å². The van der Waals surface area contributed by atoms with Crippen LogP contribution in [0.25, 0.3) is 0 Å². The van der Waals surface area contributed by atoms with Crippen molar-refractivity contribution in [2.24, 2.45) is 5.92 Å². The lowest BCUT2D eigenvalue weighted by atomic mass is 9.96. The smallest absolute Gasteiger partial charge is 0.254 e. The highest BCUT2D eigenvalue weighted by atomic mass is 16.3. The van der Waals surface area contributed by atoms with Gasteiger partial charge in [0.25, 0.3) is 5.91 Å². The van der Waals surface area contributed by atoms with Gasteiger partial charge in [0.05, 0.1) is 0 Å². The number of amides is 1. The number of likely N-dealkylation sites (tertiary alicyclic amines) is 1. The summed E-state index contributed by atoms with van der Waals surface area (Å²) in [6, 6.07) is 5.19. The molecular formula is C17H25NO2. The lowest BCUT2D eigenvalue weighted by molar-refractivity contribution is 0.0758. The van der Waals surface area contributed by atoms with E-state index in [4.69, 9.17) is 0 Å². The molecular weight excluding hydrogens is 250 g/mol. The fourth-order valence-corrected chi connectivity index (χ4v) is 3.09. The van der Waals surface area contributed by atoms with Crippen LogP contribution in [0, 0.1) is 12.8 Å². The van der Waals surface area contributed by atoms with E-state index in [2.05, 4.69) is 6.92 Å². The molecule has 1 unspecified atom stereocenters. The van der Waals surface area contributed by atoms with Crippen molar-refractivity contribution in [3.63, 3.8) is 0 Å². The Hall–Kier alpha value is -1.51. The molecule has 0 aromatic heterocycles. The number of hydrogen-bond acceptors (Lipinski definition) is 2. The molecule has 0 spiro atoms. The summed E-state index contributed by atoms with van der Waals surface area (Å²) < 4.78 is 0. The highest BCUT2D eigenvalue weighted by Crippen LogP contribution is 2.25. The maximum absolute atomic E-state index is 12.6. The summed E-state index contributed by atoms with van der Waals surface area (Å²) in [5.41, 5.74) is 1.32. The third-order valence-electron chi connectivity index (χ3n) is 4.37. The first-order valence-corrected chi connectivity index (χ1v) is 7.71. The third-order valence-corrected chi connectivity index (χ3v) is 4.37. The Labute approximate surface area is 121 Å². The molecule has 1 aromatic rings. The second-order valence-corrected chi connectivity index (χ2v) is 5.83. The molecule has 2 rings (SSSR count). The van der Waals surface area contributed by atoms with E-state index in [1.54, 1.807) is 19.1 Å². The molecule has 1 aliphatic rings. The van der Waals surface area contributed by atoms with E-state index in [0.717, 1.165) is 31.8 Å². The fraction of sp³-hybridized carbons (Fsp3) is 0.588. The summed E-state index contributed by atoms with van der Waals surface area (Å²) in [5, 5.41) is 9.74. The monoisotopic (exact) mass is 275 g/mol. The number of aromatic hydroxyl groups is 1. The maximum atomic E-state index is 12.6. The Bertz CT molecular complexity index is 470. The number of rotatable bonds is 3. The van der Waals surface area contributed by atoms with E-state index < -0.39 is 0 Å². The Morgan fingerprint density at radius 2 is 2.15 bits per heavy atom. The molecule has 0 saturated carbocycles. The Morgan fingerprint density at radius 1 is 1.35 bits per heavy atom. The highest BCUT2D eigenvalue weighted by molar-refractivity contribution is 5.96. The van der Waals surface area contributed by atoms with Crippen LogP contribution >= 0.6 is 0 Å². The Balaban J connectivity index is 2.07. The molecule has 0 bridgehead atoms. The average molecular weight is 275 g/mol. The van der Waals surface area contributed by atoms with Gasteiger partial charge >= 0.3 is 0 Å². The lowest BCUT2D eigenvalue weighted by Crippen LogP contribution is -2.32. The van der Waals surface area contributed by atoms with Crippen LogP contribution in [0.4, 0.5) is 0 Å². The van der Waals surface area contributed by atoms with E-state index in [-0.39, 0.29) is 11.7 Å². The molecule has 110 valence electrons. The summed E-state index contributed by atoms with van der Waals surface area (Å²) in [6.07, 6.45) is 5.93. The van der Waals surface area contributed by atoms with Crippen molar-refractivity contribution < 1.29 is 9.90 Å². The van der Waals surface area contributed by atoms with Crippen LogP contribution in [-0.2, 0) is 0 Å². The molecule has 1 amide bonds. The van der Waals surface area contributed by atoms with Crippen molar-refractivity contribution >= 4 is 5.91 Å². The summed E-state index contributed by atoms with van der Waals surface area (Å²) >= 11 is 0. The van der Waals surface area contributed by atoms with Crippen molar-refractivity contribution in [3.05, 3.63) is 29.3 Å². The molecule has 3 heteroatoms. The molecule has 20 heavy (non-hydrogen) atoms. The maximum Gasteiger partial charge on any atom is 0.254 e. The topological polar surface area (TPSA) is 40.5 Å². The summed E-state index contributed by atoms with van der Waals surface area (Å²) in [6.45, 7) is 5.72. The van der Waals surface area contributed by atoms with Gasteiger partial charge in [-0.15, -0.1) is 0 Å². The Kier molecular flexibility index (Phi) is 5.05. The van der Waals surface area contributed by atoms with Crippen molar-refractivity contribution in [2.75, 3.05) is 13.1 Å². The zero-order valence-corrected chi connectivity index (χ0v) is 12.6. The third kappa shape index (κ3) is 3.33. The van der Waals surface area contributed by atoms with Crippen LogP contribution in [0.1, 0.15) is 54.9 Å². The van der Waals surface area contributed by atoms with Crippen LogP contribution in [0.15, 0.2) is 18.2 Å². The average Bonchev–Trinajstić information content (AvgIpc) is 2.67. The summed E-state index contributed by atoms with van der Waals surface area (Å²) in [5.74, 6) is 1.04. The van der Waals surface area contributed by atoms with Crippen molar-refractivity contribution in [3.8, 4) is 5.75 Å². The molecule has 1 aromatic carbocycles. The second kappa shape index (κ2) is 6.78. The van der Waals surface area contributed by atoms with Crippen LogP contribution in [0.2, 0.25) is 0 Å². The van der Waals surface area contributed by atoms with E-state index in [1.165, 1.54) is 19.3 Å². The van der Waals surface area contributed by atoms with Crippen LogP contribution in [0.5, 0.6) is 5.75 Å². The highest BCUT2D eigenvalue weighted by Gasteiger charge is 2.22. The molecule has 1 fully saturated rings. The number of hydrogen-bond donors (Lipinski definition) is 1. The number of nitrogens with zero attached hydrogens (tertiary/aromatic N) is 1. The van der Waals surface area contributed by atoms with E-state index in [0.29, 0.717) is 11.1 Å². The van der Waals surface area contributed by atoms with Gasteiger partial charge in [-0.2, -0.15) is 0 Å². The van der Waals surface area contributed by atoms with Crippen LogP contribution < -0.4 is 0 Å². The van der Waals surface area contributed by atoms with Gasteiger partial charge in [-0.05, 0) is 44.2 Å². The summed E-state index contributed by atoms with van der Waals surface area (Å²) in [4.78, 5) is 14.6. The number of carbonyl (C=O) groups excluding carboxylic acids is 1. The lowest BCUT2D eigenvalue weighted by Gasteiger charge is -2.22. The minimum absolute atomic E-state index is 0.0653. The molecule has 1 saturated heterocycles. The standard InChI is InChI=1S/C17H25NO2/c1-3-6-14-7-5-11-18(12-10-14)17(20)15-8-4-9-16(19)13(15)2/h4,8-9,14,19H,3,5-7,10-12H2,1-2H3. The van der Waals surface area contributed by atoms with Gasteiger partial charge in [-0.1, -0.05) is 25.8 Å². The largest absolute Gasteiger partial charge is 0.508 e. The van der Waals surface area contributed by atoms with Gasteiger partial charge in [0.2, 0.25) is 0 Å². The van der Waals surface area contributed by atoms with Gasteiger partial charge in [-0.3, -0.25) is 4.79 Å². The Morgan fingerprint density at radius 3 is 2.90 bits per heavy atom. The first kappa shape index (κ1) is 14.9. The fourth-order valence-electron chi connectivity index (χ4n) is 3.09. The van der Waals surface area contributed by atoms with Crippen molar-refractivity contribution in [2.45, 2.75) is 46.0 Å². The molecule has 1 aliphatic heterocycles.